The van der Waals surface area contributed by atoms with Gasteiger partial charge in [-0.05, 0) is 52.3 Å². The van der Waals surface area contributed by atoms with Crippen LogP contribution in [0.4, 0.5) is 11.4 Å². The number of methoxy groups -OCH3 is 1. The van der Waals surface area contributed by atoms with Crippen molar-refractivity contribution in [1.82, 2.24) is 0 Å². The first kappa shape index (κ1) is 15.3. The molecular formula is C14H12Br2N2OS. The summed E-state index contributed by atoms with van der Waals surface area (Å²) in [5.74, 6) is 0.777. The quantitative estimate of drug-likeness (QED) is 0.716. The lowest BCUT2D eigenvalue weighted by Gasteiger charge is -2.13. The van der Waals surface area contributed by atoms with Gasteiger partial charge in [-0.3, -0.25) is 0 Å². The number of rotatable bonds is 4. The average molecular weight is 416 g/mol. The van der Waals surface area contributed by atoms with Crippen LogP contribution in [0, 0.1) is 0 Å². The third-order valence-electron chi connectivity index (χ3n) is 2.68. The van der Waals surface area contributed by atoms with Crippen LogP contribution < -0.4 is 15.8 Å². The molecule has 0 radical (unpaired) electrons. The zero-order chi connectivity index (χ0) is 14.7. The van der Waals surface area contributed by atoms with Gasteiger partial charge < -0.3 is 15.8 Å². The Balaban J connectivity index is 2.36. The lowest BCUT2D eigenvalue weighted by molar-refractivity contribution is 0.412. The van der Waals surface area contributed by atoms with E-state index in [1.54, 1.807) is 7.11 Å². The van der Waals surface area contributed by atoms with Crippen molar-refractivity contribution >= 4 is 60.4 Å². The van der Waals surface area contributed by atoms with E-state index in [1.807, 2.05) is 36.4 Å². The Labute approximate surface area is 139 Å². The van der Waals surface area contributed by atoms with Crippen LogP contribution in [0.25, 0.3) is 0 Å². The number of ether oxygens (including phenoxy) is 1. The molecule has 104 valence electrons. The first-order valence-electron chi connectivity index (χ1n) is 5.71. The molecular weight excluding hydrogens is 404 g/mol. The minimum absolute atomic E-state index is 0.354. The molecule has 0 spiro atoms. The van der Waals surface area contributed by atoms with E-state index in [9.17, 15) is 0 Å². The predicted molar refractivity (Wildman–Crippen MR) is 94.0 cm³/mol. The Morgan fingerprint density at radius 1 is 1.20 bits per heavy atom. The van der Waals surface area contributed by atoms with Gasteiger partial charge in [-0.1, -0.05) is 28.1 Å². The molecule has 2 aromatic rings. The van der Waals surface area contributed by atoms with Crippen molar-refractivity contribution in [3.8, 4) is 5.75 Å². The van der Waals surface area contributed by atoms with E-state index in [2.05, 4.69) is 37.2 Å². The molecule has 0 aliphatic heterocycles. The summed E-state index contributed by atoms with van der Waals surface area (Å²) in [7, 11) is 1.63. The number of thiocarbonyl (C=S) groups is 1. The highest BCUT2D eigenvalue weighted by Gasteiger charge is 2.08. The number of nitrogens with two attached hydrogens (primary N) is 1. The van der Waals surface area contributed by atoms with Crippen LogP contribution >= 0.6 is 44.1 Å². The van der Waals surface area contributed by atoms with Crippen molar-refractivity contribution in [2.24, 2.45) is 5.73 Å². The summed E-state index contributed by atoms with van der Waals surface area (Å²) in [5, 5.41) is 3.30. The van der Waals surface area contributed by atoms with E-state index in [1.165, 1.54) is 0 Å². The maximum absolute atomic E-state index is 5.74. The third-order valence-corrected chi connectivity index (χ3v) is 4.01. The number of hydrogen-bond acceptors (Lipinski definition) is 3. The molecule has 0 aliphatic carbocycles. The lowest BCUT2D eigenvalue weighted by atomic mass is 10.1. The molecule has 0 aromatic heterocycles. The van der Waals surface area contributed by atoms with Gasteiger partial charge in [0.1, 0.15) is 10.7 Å². The van der Waals surface area contributed by atoms with Crippen molar-refractivity contribution in [2.45, 2.75) is 0 Å². The smallest absolute Gasteiger partial charge is 0.133 e. The summed E-state index contributed by atoms with van der Waals surface area (Å²) in [6.07, 6.45) is 0. The highest BCUT2D eigenvalue weighted by Crippen LogP contribution is 2.31. The molecule has 0 bridgehead atoms. The lowest BCUT2D eigenvalue weighted by Crippen LogP contribution is -2.11. The van der Waals surface area contributed by atoms with E-state index in [4.69, 9.17) is 22.7 Å². The molecule has 0 aliphatic rings. The zero-order valence-electron chi connectivity index (χ0n) is 10.6. The summed E-state index contributed by atoms with van der Waals surface area (Å²) >= 11 is 12.0. The fourth-order valence-corrected chi connectivity index (χ4v) is 2.81. The van der Waals surface area contributed by atoms with Crippen LogP contribution in [0.1, 0.15) is 5.56 Å². The van der Waals surface area contributed by atoms with Gasteiger partial charge in [0.25, 0.3) is 0 Å². The van der Waals surface area contributed by atoms with Gasteiger partial charge in [-0.25, -0.2) is 0 Å². The summed E-state index contributed by atoms with van der Waals surface area (Å²) in [6.45, 7) is 0. The zero-order valence-corrected chi connectivity index (χ0v) is 14.6. The number of nitrogens with one attached hydrogen (secondary N) is 1. The summed E-state index contributed by atoms with van der Waals surface area (Å²) in [4.78, 5) is 0.354. The van der Waals surface area contributed by atoms with Crippen molar-refractivity contribution < 1.29 is 4.74 Å². The van der Waals surface area contributed by atoms with Crippen LogP contribution in [0.3, 0.4) is 0 Å². The minimum Gasteiger partial charge on any atom is -0.496 e. The van der Waals surface area contributed by atoms with Crippen molar-refractivity contribution in [3.05, 3.63) is 50.9 Å². The van der Waals surface area contributed by atoms with Gasteiger partial charge in [0.05, 0.1) is 11.6 Å². The van der Waals surface area contributed by atoms with Crippen molar-refractivity contribution in [1.29, 1.82) is 0 Å². The van der Waals surface area contributed by atoms with E-state index >= 15 is 0 Å². The van der Waals surface area contributed by atoms with Crippen molar-refractivity contribution in [2.75, 3.05) is 12.4 Å². The van der Waals surface area contributed by atoms with Crippen LogP contribution in [0.15, 0.2) is 45.3 Å². The van der Waals surface area contributed by atoms with E-state index in [-0.39, 0.29) is 0 Å². The highest BCUT2D eigenvalue weighted by atomic mass is 79.9. The van der Waals surface area contributed by atoms with Gasteiger partial charge in [0, 0.05) is 21.4 Å². The first-order chi connectivity index (χ1) is 9.51. The average Bonchev–Trinajstić information content (AvgIpc) is 2.38. The Morgan fingerprint density at radius 2 is 1.95 bits per heavy atom. The van der Waals surface area contributed by atoms with Gasteiger partial charge in [-0.2, -0.15) is 0 Å². The Morgan fingerprint density at radius 3 is 2.55 bits per heavy atom. The Hall–Kier alpha value is -1.11. The second-order valence-corrected chi connectivity index (χ2v) is 6.24. The second kappa shape index (κ2) is 6.56. The second-order valence-electron chi connectivity index (χ2n) is 4.03. The molecule has 0 heterocycles. The fraction of sp³-hybridized carbons (Fsp3) is 0.0714. The number of benzene rings is 2. The normalized spacial score (nSPS) is 10.2. The summed E-state index contributed by atoms with van der Waals surface area (Å²) in [6, 6.07) is 11.5. The maximum Gasteiger partial charge on any atom is 0.133 e. The van der Waals surface area contributed by atoms with Gasteiger partial charge in [0.2, 0.25) is 0 Å². The number of anilines is 2. The van der Waals surface area contributed by atoms with Gasteiger partial charge >= 0.3 is 0 Å². The molecule has 2 aromatic carbocycles. The minimum atomic E-state index is 0.354. The monoisotopic (exact) mass is 414 g/mol. The topological polar surface area (TPSA) is 47.3 Å². The van der Waals surface area contributed by atoms with Gasteiger partial charge in [0.15, 0.2) is 0 Å². The fourth-order valence-electron chi connectivity index (χ4n) is 1.73. The van der Waals surface area contributed by atoms with E-state index in [0.29, 0.717) is 4.99 Å². The summed E-state index contributed by atoms with van der Waals surface area (Å²) < 4.78 is 7.03. The molecule has 0 saturated carbocycles. The molecule has 0 unspecified atom stereocenters. The van der Waals surface area contributed by atoms with Crippen LogP contribution in [-0.2, 0) is 0 Å². The predicted octanol–water partition coefficient (Wildman–Crippen LogP) is 4.60. The highest BCUT2D eigenvalue weighted by molar-refractivity contribution is 9.10. The molecule has 6 heteroatoms. The molecule has 0 fully saturated rings. The Kier molecular flexibility index (Phi) is 5.01. The summed E-state index contributed by atoms with van der Waals surface area (Å²) in [5.41, 5.74) is 8.30. The molecule has 3 nitrogen and oxygen atoms in total. The maximum atomic E-state index is 5.74. The van der Waals surface area contributed by atoms with Crippen LogP contribution in [-0.4, -0.2) is 12.1 Å². The van der Waals surface area contributed by atoms with Crippen LogP contribution in [0.5, 0.6) is 5.75 Å². The standard InChI is InChI=1S/C14H12Br2N2OS/c1-19-13-5-3-9(7-11(13)16)18-12-6-8(15)2-4-10(12)14(17)20/h2-7,18H,1H3,(H2,17,20). The SMILES string of the molecule is COc1ccc(Nc2cc(Br)ccc2C(N)=S)cc1Br. The third kappa shape index (κ3) is 3.50. The van der Waals surface area contributed by atoms with Crippen molar-refractivity contribution in [3.63, 3.8) is 0 Å². The Bertz CT molecular complexity index is 662. The van der Waals surface area contributed by atoms with E-state index in [0.717, 1.165) is 31.6 Å². The molecule has 20 heavy (non-hydrogen) atoms. The number of halogens is 2. The largest absolute Gasteiger partial charge is 0.496 e. The molecule has 2 rings (SSSR count). The molecule has 0 atom stereocenters. The first-order valence-corrected chi connectivity index (χ1v) is 7.70. The number of hydrogen-bond donors (Lipinski definition) is 2. The van der Waals surface area contributed by atoms with Gasteiger partial charge in [-0.15, -0.1) is 0 Å². The van der Waals surface area contributed by atoms with Crippen LogP contribution in [0.2, 0.25) is 0 Å². The molecule has 3 N–H and O–H groups in total. The molecule has 0 amide bonds. The molecule has 0 saturated heterocycles. The van der Waals surface area contributed by atoms with E-state index < -0.39 is 0 Å².